The highest BCUT2D eigenvalue weighted by Crippen LogP contribution is 2.30. The molecule has 0 aliphatic rings. The van der Waals surface area contributed by atoms with Crippen molar-refractivity contribution in [3.8, 4) is 5.69 Å². The summed E-state index contributed by atoms with van der Waals surface area (Å²) >= 11 is 6.31. The molecule has 0 aliphatic heterocycles. The first kappa shape index (κ1) is 12.8. The summed E-state index contributed by atoms with van der Waals surface area (Å²) in [5.74, 6) is 0. The minimum atomic E-state index is 0.113. The molecule has 1 N–H and O–H groups in total. The summed E-state index contributed by atoms with van der Waals surface area (Å²) in [6, 6.07) is 9.68. The van der Waals surface area contributed by atoms with Gasteiger partial charge in [-0.05, 0) is 31.2 Å². The molecule has 0 saturated heterocycles. The molecule has 0 saturated carbocycles. The van der Waals surface area contributed by atoms with Crippen molar-refractivity contribution in [3.05, 3.63) is 65.8 Å². The summed E-state index contributed by atoms with van der Waals surface area (Å²) in [5, 5.41) is 8.34. The van der Waals surface area contributed by atoms with Crippen molar-refractivity contribution in [2.75, 3.05) is 5.32 Å². The third-order valence-electron chi connectivity index (χ3n) is 3.14. The predicted octanol–water partition coefficient (Wildman–Crippen LogP) is 4.29. The first-order chi connectivity index (χ1) is 9.75. The summed E-state index contributed by atoms with van der Waals surface area (Å²) in [7, 11) is 0. The van der Waals surface area contributed by atoms with Crippen LogP contribution in [0.4, 0.5) is 5.69 Å². The number of benzene rings is 1. The smallest absolute Gasteiger partial charge is 0.106 e. The number of nitrogens with one attached hydrogen (secondary N) is 1. The molecular formula is C15H14ClN3O. The van der Waals surface area contributed by atoms with E-state index < -0.39 is 0 Å². The summed E-state index contributed by atoms with van der Waals surface area (Å²) < 4.78 is 6.87. The van der Waals surface area contributed by atoms with E-state index in [1.54, 1.807) is 23.4 Å². The monoisotopic (exact) mass is 287 g/mol. The van der Waals surface area contributed by atoms with E-state index in [-0.39, 0.29) is 6.04 Å². The van der Waals surface area contributed by atoms with Crippen LogP contribution in [0.5, 0.6) is 0 Å². The Kier molecular flexibility index (Phi) is 3.48. The molecule has 3 rings (SSSR count). The fraction of sp³-hybridized carbons (Fsp3) is 0.133. The molecule has 1 unspecified atom stereocenters. The van der Waals surface area contributed by atoms with E-state index in [1.165, 1.54) is 0 Å². The first-order valence-electron chi connectivity index (χ1n) is 6.33. The van der Waals surface area contributed by atoms with E-state index in [1.807, 2.05) is 36.5 Å². The summed E-state index contributed by atoms with van der Waals surface area (Å²) in [6.07, 6.45) is 7.00. The lowest BCUT2D eigenvalue weighted by Gasteiger charge is -2.18. The normalized spacial score (nSPS) is 12.3. The standard InChI is InChI=1S/C15H14ClN3O/c1-11(12-6-9-20-10-12)18-14-5-2-4-13(16)15(14)19-8-3-7-17-19/h2-11,18H,1H3. The lowest BCUT2D eigenvalue weighted by molar-refractivity contribution is 0.562. The molecule has 1 atom stereocenters. The number of furan rings is 1. The molecule has 5 heteroatoms. The fourth-order valence-electron chi connectivity index (χ4n) is 2.10. The lowest BCUT2D eigenvalue weighted by atomic mass is 10.1. The largest absolute Gasteiger partial charge is 0.472 e. The Balaban J connectivity index is 1.96. The number of aromatic nitrogens is 2. The van der Waals surface area contributed by atoms with Crippen LogP contribution in [0.1, 0.15) is 18.5 Å². The number of para-hydroxylation sites is 1. The van der Waals surface area contributed by atoms with Crippen molar-refractivity contribution in [3.63, 3.8) is 0 Å². The average Bonchev–Trinajstić information content (AvgIpc) is 3.12. The van der Waals surface area contributed by atoms with Crippen molar-refractivity contribution in [2.24, 2.45) is 0 Å². The van der Waals surface area contributed by atoms with Crippen molar-refractivity contribution in [2.45, 2.75) is 13.0 Å². The van der Waals surface area contributed by atoms with Gasteiger partial charge in [0.1, 0.15) is 5.69 Å². The molecule has 20 heavy (non-hydrogen) atoms. The van der Waals surface area contributed by atoms with Gasteiger partial charge in [0.2, 0.25) is 0 Å². The van der Waals surface area contributed by atoms with Crippen LogP contribution < -0.4 is 5.32 Å². The van der Waals surface area contributed by atoms with E-state index >= 15 is 0 Å². The molecule has 102 valence electrons. The maximum absolute atomic E-state index is 6.31. The second-order valence-corrected chi connectivity index (χ2v) is 4.92. The second-order valence-electron chi connectivity index (χ2n) is 4.51. The Labute approximate surface area is 122 Å². The number of halogens is 1. The fourth-order valence-corrected chi connectivity index (χ4v) is 2.36. The minimum absolute atomic E-state index is 0.113. The number of rotatable bonds is 4. The van der Waals surface area contributed by atoms with E-state index in [9.17, 15) is 0 Å². The quantitative estimate of drug-likeness (QED) is 0.778. The molecule has 2 heterocycles. The van der Waals surface area contributed by atoms with Crippen LogP contribution in [0.2, 0.25) is 5.02 Å². The van der Waals surface area contributed by atoms with Crippen LogP contribution >= 0.6 is 11.6 Å². The highest BCUT2D eigenvalue weighted by molar-refractivity contribution is 6.33. The zero-order valence-electron chi connectivity index (χ0n) is 11.0. The highest BCUT2D eigenvalue weighted by atomic mass is 35.5. The first-order valence-corrected chi connectivity index (χ1v) is 6.70. The molecule has 0 bridgehead atoms. The van der Waals surface area contributed by atoms with Crippen LogP contribution in [-0.4, -0.2) is 9.78 Å². The molecule has 4 nitrogen and oxygen atoms in total. The van der Waals surface area contributed by atoms with Crippen molar-refractivity contribution < 1.29 is 4.42 Å². The maximum atomic E-state index is 6.31. The lowest BCUT2D eigenvalue weighted by Crippen LogP contribution is -2.09. The Bertz CT molecular complexity index is 677. The van der Waals surface area contributed by atoms with Crippen LogP contribution in [-0.2, 0) is 0 Å². The van der Waals surface area contributed by atoms with Crippen LogP contribution in [0.15, 0.2) is 59.7 Å². The highest BCUT2D eigenvalue weighted by Gasteiger charge is 2.13. The molecule has 2 aromatic heterocycles. The third kappa shape index (κ3) is 2.42. The molecule has 0 aliphatic carbocycles. The number of hydrogen-bond donors (Lipinski definition) is 1. The Hall–Kier alpha value is -2.20. The van der Waals surface area contributed by atoms with E-state index in [4.69, 9.17) is 16.0 Å². The van der Waals surface area contributed by atoms with Gasteiger partial charge in [0, 0.05) is 18.0 Å². The minimum Gasteiger partial charge on any atom is -0.472 e. The summed E-state index contributed by atoms with van der Waals surface area (Å²) in [4.78, 5) is 0. The number of anilines is 1. The van der Waals surface area contributed by atoms with Crippen LogP contribution in [0.3, 0.4) is 0 Å². The van der Waals surface area contributed by atoms with E-state index in [0.29, 0.717) is 5.02 Å². The van der Waals surface area contributed by atoms with Crippen molar-refractivity contribution >= 4 is 17.3 Å². The predicted molar refractivity (Wildman–Crippen MR) is 79.3 cm³/mol. The van der Waals surface area contributed by atoms with Crippen LogP contribution in [0.25, 0.3) is 5.69 Å². The number of hydrogen-bond acceptors (Lipinski definition) is 3. The average molecular weight is 288 g/mol. The Morgan fingerprint density at radius 1 is 1.30 bits per heavy atom. The van der Waals surface area contributed by atoms with Gasteiger partial charge in [-0.1, -0.05) is 17.7 Å². The zero-order chi connectivity index (χ0) is 13.9. The van der Waals surface area contributed by atoms with E-state index in [2.05, 4.69) is 17.3 Å². The molecule has 0 radical (unpaired) electrons. The summed E-state index contributed by atoms with van der Waals surface area (Å²) in [6.45, 7) is 2.07. The Morgan fingerprint density at radius 2 is 2.20 bits per heavy atom. The van der Waals surface area contributed by atoms with Gasteiger partial charge < -0.3 is 9.73 Å². The number of nitrogens with zero attached hydrogens (tertiary/aromatic N) is 2. The van der Waals surface area contributed by atoms with Gasteiger partial charge in [-0.3, -0.25) is 0 Å². The van der Waals surface area contributed by atoms with Gasteiger partial charge in [-0.15, -0.1) is 0 Å². The third-order valence-corrected chi connectivity index (χ3v) is 3.44. The Morgan fingerprint density at radius 3 is 2.90 bits per heavy atom. The maximum Gasteiger partial charge on any atom is 0.106 e. The van der Waals surface area contributed by atoms with Crippen molar-refractivity contribution in [1.29, 1.82) is 0 Å². The molecule has 0 fully saturated rings. The van der Waals surface area contributed by atoms with Gasteiger partial charge in [0.15, 0.2) is 0 Å². The topological polar surface area (TPSA) is 43.0 Å². The zero-order valence-corrected chi connectivity index (χ0v) is 11.7. The molecule has 0 amide bonds. The van der Waals surface area contributed by atoms with E-state index in [0.717, 1.165) is 16.9 Å². The molecule has 0 spiro atoms. The van der Waals surface area contributed by atoms with Gasteiger partial charge in [-0.2, -0.15) is 5.10 Å². The van der Waals surface area contributed by atoms with Crippen molar-refractivity contribution in [1.82, 2.24) is 9.78 Å². The van der Waals surface area contributed by atoms with Crippen LogP contribution in [0, 0.1) is 0 Å². The van der Waals surface area contributed by atoms with Gasteiger partial charge >= 0.3 is 0 Å². The summed E-state index contributed by atoms with van der Waals surface area (Å²) in [5.41, 5.74) is 2.85. The molecule has 3 aromatic rings. The van der Waals surface area contributed by atoms with Gasteiger partial charge in [0.05, 0.1) is 29.3 Å². The SMILES string of the molecule is CC(Nc1cccc(Cl)c1-n1cccn1)c1ccoc1. The molecular weight excluding hydrogens is 274 g/mol. The molecule has 1 aromatic carbocycles. The van der Waals surface area contributed by atoms with Gasteiger partial charge in [-0.25, -0.2) is 4.68 Å². The second kappa shape index (κ2) is 5.43. The van der Waals surface area contributed by atoms with Gasteiger partial charge in [0.25, 0.3) is 0 Å².